The lowest BCUT2D eigenvalue weighted by molar-refractivity contribution is -0.128. The van der Waals surface area contributed by atoms with E-state index in [4.69, 9.17) is 9.72 Å². The SMILES string of the molecule is COc1cccc([C@@H]2C(C(=O)N3CCCCC3)=C(C)Nc3nc4ccccc4n32)c1. The number of benzene rings is 2. The van der Waals surface area contributed by atoms with Crippen molar-refractivity contribution in [3.05, 3.63) is 65.4 Å². The van der Waals surface area contributed by atoms with Crippen LogP contribution in [0.3, 0.4) is 0 Å². The summed E-state index contributed by atoms with van der Waals surface area (Å²) in [4.78, 5) is 20.5. The van der Waals surface area contributed by atoms with Crippen LogP contribution in [-0.2, 0) is 4.79 Å². The second-order valence-electron chi connectivity index (χ2n) is 7.99. The van der Waals surface area contributed by atoms with E-state index in [1.165, 1.54) is 6.42 Å². The van der Waals surface area contributed by atoms with Gasteiger partial charge in [0.25, 0.3) is 5.91 Å². The number of fused-ring (bicyclic) bond motifs is 3. The van der Waals surface area contributed by atoms with Gasteiger partial charge in [0, 0.05) is 18.8 Å². The number of anilines is 1. The molecule has 1 atom stereocenters. The van der Waals surface area contributed by atoms with Crippen LogP contribution in [0.4, 0.5) is 5.95 Å². The monoisotopic (exact) mass is 402 g/mol. The van der Waals surface area contributed by atoms with Crippen molar-refractivity contribution >= 4 is 22.9 Å². The molecule has 6 nitrogen and oxygen atoms in total. The maximum Gasteiger partial charge on any atom is 0.254 e. The lowest BCUT2D eigenvalue weighted by Crippen LogP contribution is -2.40. The smallest absolute Gasteiger partial charge is 0.254 e. The Morgan fingerprint density at radius 3 is 2.70 bits per heavy atom. The average Bonchev–Trinajstić information content (AvgIpc) is 3.16. The van der Waals surface area contributed by atoms with E-state index in [-0.39, 0.29) is 11.9 Å². The van der Waals surface area contributed by atoms with Gasteiger partial charge in [0.15, 0.2) is 0 Å². The number of methoxy groups -OCH3 is 1. The number of aromatic nitrogens is 2. The largest absolute Gasteiger partial charge is 0.497 e. The van der Waals surface area contributed by atoms with Crippen molar-refractivity contribution in [2.24, 2.45) is 0 Å². The molecule has 30 heavy (non-hydrogen) atoms. The van der Waals surface area contributed by atoms with Crippen molar-refractivity contribution < 1.29 is 9.53 Å². The van der Waals surface area contributed by atoms with Gasteiger partial charge in [-0.25, -0.2) is 4.98 Å². The van der Waals surface area contributed by atoms with E-state index in [1.54, 1.807) is 7.11 Å². The van der Waals surface area contributed by atoms with Crippen molar-refractivity contribution in [3.8, 4) is 5.75 Å². The van der Waals surface area contributed by atoms with Gasteiger partial charge in [-0.2, -0.15) is 0 Å². The first-order chi connectivity index (χ1) is 14.7. The number of piperidine rings is 1. The number of amides is 1. The van der Waals surface area contributed by atoms with Gasteiger partial charge in [-0.15, -0.1) is 0 Å². The molecule has 1 saturated heterocycles. The Hall–Kier alpha value is -3.28. The van der Waals surface area contributed by atoms with Crippen LogP contribution in [0.25, 0.3) is 11.0 Å². The van der Waals surface area contributed by atoms with Crippen LogP contribution in [0.15, 0.2) is 59.8 Å². The van der Waals surface area contributed by atoms with Crippen molar-refractivity contribution in [1.29, 1.82) is 0 Å². The van der Waals surface area contributed by atoms with Crippen LogP contribution in [0, 0.1) is 0 Å². The Morgan fingerprint density at radius 1 is 1.10 bits per heavy atom. The minimum Gasteiger partial charge on any atom is -0.497 e. The minimum atomic E-state index is -0.266. The number of rotatable bonds is 3. The van der Waals surface area contributed by atoms with Gasteiger partial charge in [-0.3, -0.25) is 9.36 Å². The molecule has 154 valence electrons. The third-order valence-electron chi connectivity index (χ3n) is 6.11. The van der Waals surface area contributed by atoms with Crippen LogP contribution in [0.5, 0.6) is 5.75 Å². The number of allylic oxidation sites excluding steroid dienone is 1. The highest BCUT2D eigenvalue weighted by Gasteiger charge is 2.36. The third kappa shape index (κ3) is 3.03. The van der Waals surface area contributed by atoms with E-state index in [1.807, 2.05) is 48.2 Å². The first-order valence-electron chi connectivity index (χ1n) is 10.6. The summed E-state index contributed by atoms with van der Waals surface area (Å²) in [5.74, 6) is 1.65. The second-order valence-corrected chi connectivity index (χ2v) is 7.99. The number of nitrogens with one attached hydrogen (secondary N) is 1. The van der Waals surface area contributed by atoms with Gasteiger partial charge in [0.2, 0.25) is 5.95 Å². The zero-order valence-electron chi connectivity index (χ0n) is 17.4. The van der Waals surface area contributed by atoms with Crippen molar-refractivity contribution in [2.45, 2.75) is 32.2 Å². The van der Waals surface area contributed by atoms with E-state index in [2.05, 4.69) is 22.0 Å². The fraction of sp³-hybridized carbons (Fsp3) is 0.333. The standard InChI is InChI=1S/C24H26N4O2/c1-16-21(23(29)27-13-6-3-7-14-27)22(17-9-8-10-18(15-17)30-2)28-20-12-5-4-11-19(20)26-24(28)25-16/h4-5,8-12,15,22H,3,6-7,13-14H2,1-2H3,(H,25,26)/t22-/m1/s1. The summed E-state index contributed by atoms with van der Waals surface area (Å²) in [6.45, 7) is 3.61. The number of ether oxygens (including phenoxy) is 1. The molecule has 3 aromatic rings. The van der Waals surface area contributed by atoms with Crippen LogP contribution in [0.1, 0.15) is 37.8 Å². The normalized spacial score (nSPS) is 18.9. The summed E-state index contributed by atoms with van der Waals surface area (Å²) in [6.07, 6.45) is 3.32. The van der Waals surface area contributed by atoms with Gasteiger partial charge in [-0.1, -0.05) is 24.3 Å². The van der Waals surface area contributed by atoms with E-state index in [9.17, 15) is 4.79 Å². The Kier molecular flexibility index (Phi) is 4.69. The molecule has 2 aromatic carbocycles. The van der Waals surface area contributed by atoms with Gasteiger partial charge in [-0.05, 0) is 56.0 Å². The molecule has 0 radical (unpaired) electrons. The molecular weight excluding hydrogens is 376 g/mol. The van der Waals surface area contributed by atoms with E-state index >= 15 is 0 Å². The van der Waals surface area contributed by atoms with Crippen molar-refractivity contribution in [1.82, 2.24) is 14.5 Å². The molecule has 0 bridgehead atoms. The van der Waals surface area contributed by atoms with Gasteiger partial charge in [0.05, 0.1) is 29.8 Å². The second kappa shape index (κ2) is 7.52. The molecular formula is C24H26N4O2. The van der Waals surface area contributed by atoms with Gasteiger partial charge < -0.3 is 15.0 Å². The van der Waals surface area contributed by atoms with Crippen LogP contribution < -0.4 is 10.1 Å². The molecule has 2 aliphatic heterocycles. The van der Waals surface area contributed by atoms with E-state index in [0.717, 1.165) is 65.5 Å². The fourth-order valence-corrected chi connectivity index (χ4v) is 4.64. The zero-order valence-corrected chi connectivity index (χ0v) is 17.4. The van der Waals surface area contributed by atoms with Gasteiger partial charge >= 0.3 is 0 Å². The molecule has 0 aliphatic carbocycles. The summed E-state index contributed by atoms with van der Waals surface area (Å²) >= 11 is 0. The highest BCUT2D eigenvalue weighted by molar-refractivity contribution is 5.98. The molecule has 1 fully saturated rings. The molecule has 1 N–H and O–H groups in total. The summed E-state index contributed by atoms with van der Waals surface area (Å²) in [5.41, 5.74) is 4.57. The van der Waals surface area contributed by atoms with Crippen molar-refractivity contribution in [2.75, 3.05) is 25.5 Å². The Balaban J connectivity index is 1.70. The molecule has 6 heteroatoms. The average molecular weight is 402 g/mol. The lowest BCUT2D eigenvalue weighted by atomic mass is 9.93. The molecule has 0 saturated carbocycles. The number of nitrogens with zero attached hydrogens (tertiary/aromatic N) is 3. The van der Waals surface area contributed by atoms with Gasteiger partial charge in [0.1, 0.15) is 5.75 Å². The third-order valence-corrected chi connectivity index (χ3v) is 6.11. The number of likely N-dealkylation sites (tertiary alicyclic amines) is 1. The number of carbonyl (C=O) groups excluding carboxylic acids is 1. The first-order valence-corrected chi connectivity index (χ1v) is 10.6. The van der Waals surface area contributed by atoms with Crippen LogP contribution >= 0.6 is 0 Å². The zero-order chi connectivity index (χ0) is 20.7. The predicted octanol–water partition coefficient (Wildman–Crippen LogP) is 4.35. The van der Waals surface area contributed by atoms with E-state index in [0.29, 0.717) is 0 Å². The molecule has 1 aromatic heterocycles. The Morgan fingerprint density at radius 2 is 1.90 bits per heavy atom. The number of imidazole rings is 1. The lowest BCUT2D eigenvalue weighted by Gasteiger charge is -2.35. The Bertz CT molecular complexity index is 1140. The minimum absolute atomic E-state index is 0.107. The molecule has 3 heterocycles. The topological polar surface area (TPSA) is 59.4 Å². The molecule has 2 aliphatic rings. The maximum absolute atomic E-state index is 13.7. The van der Waals surface area contributed by atoms with E-state index < -0.39 is 0 Å². The van der Waals surface area contributed by atoms with Crippen LogP contribution in [0.2, 0.25) is 0 Å². The number of hydrogen-bond acceptors (Lipinski definition) is 4. The summed E-state index contributed by atoms with van der Waals surface area (Å²) in [5, 5.41) is 3.40. The quantitative estimate of drug-likeness (QED) is 0.708. The first kappa shape index (κ1) is 18.7. The summed E-state index contributed by atoms with van der Waals surface area (Å²) in [7, 11) is 1.67. The number of para-hydroxylation sites is 2. The predicted molar refractivity (Wildman–Crippen MR) is 118 cm³/mol. The maximum atomic E-state index is 13.7. The van der Waals surface area contributed by atoms with Crippen molar-refractivity contribution in [3.63, 3.8) is 0 Å². The van der Waals surface area contributed by atoms with Crippen LogP contribution in [-0.4, -0.2) is 40.6 Å². The highest BCUT2D eigenvalue weighted by Crippen LogP contribution is 2.40. The molecule has 5 rings (SSSR count). The highest BCUT2D eigenvalue weighted by atomic mass is 16.5. The number of hydrogen-bond donors (Lipinski definition) is 1. The number of carbonyl (C=O) groups is 1. The molecule has 1 amide bonds. The molecule has 0 spiro atoms. The summed E-state index contributed by atoms with van der Waals surface area (Å²) < 4.78 is 7.64. The Labute approximate surface area is 176 Å². The molecule has 0 unspecified atom stereocenters. The fourth-order valence-electron chi connectivity index (χ4n) is 4.64. The summed E-state index contributed by atoms with van der Waals surface area (Å²) in [6, 6.07) is 15.8.